The van der Waals surface area contributed by atoms with E-state index in [-0.39, 0.29) is 0 Å². The average molecular weight is 322 g/mol. The van der Waals surface area contributed by atoms with Crippen LogP contribution in [-0.2, 0) is 0 Å². The van der Waals surface area contributed by atoms with E-state index in [1.54, 1.807) is 0 Å². The van der Waals surface area contributed by atoms with Crippen molar-refractivity contribution in [3.63, 3.8) is 0 Å². The minimum atomic E-state index is 0.358. The summed E-state index contributed by atoms with van der Waals surface area (Å²) in [5.41, 5.74) is 4.42. The summed E-state index contributed by atoms with van der Waals surface area (Å²) in [6.07, 6.45) is 6.18. The van der Waals surface area contributed by atoms with Crippen LogP contribution in [0.1, 0.15) is 36.0 Å². The molecule has 1 heterocycles. The van der Waals surface area contributed by atoms with Gasteiger partial charge in [0.1, 0.15) is 11.8 Å². The summed E-state index contributed by atoms with van der Waals surface area (Å²) in [5, 5.41) is 10.5. The first-order valence-electron chi connectivity index (χ1n) is 8.87. The normalized spacial score (nSPS) is 20.8. The zero-order valence-electron chi connectivity index (χ0n) is 15.0. The van der Waals surface area contributed by atoms with Gasteiger partial charge in [0.05, 0.1) is 20.6 Å². The first-order chi connectivity index (χ1) is 11.5. The molecule has 2 heteroatoms. The number of rotatable bonds is 3. The van der Waals surface area contributed by atoms with Crippen molar-refractivity contribution in [1.29, 1.82) is 0 Å². The van der Waals surface area contributed by atoms with Crippen LogP contribution in [0.3, 0.4) is 0 Å². The van der Waals surface area contributed by atoms with Crippen LogP contribution in [0.5, 0.6) is 5.75 Å². The van der Waals surface area contributed by atoms with Gasteiger partial charge in [-0.05, 0) is 49.1 Å². The molecule has 0 amide bonds. The Labute approximate surface area is 145 Å². The van der Waals surface area contributed by atoms with E-state index in [2.05, 4.69) is 57.4 Å². The molecule has 1 unspecified atom stereocenters. The van der Waals surface area contributed by atoms with Crippen molar-refractivity contribution in [3.8, 4) is 5.75 Å². The fourth-order valence-electron chi connectivity index (χ4n) is 3.69. The highest BCUT2D eigenvalue weighted by Crippen LogP contribution is 2.34. The van der Waals surface area contributed by atoms with Crippen molar-refractivity contribution in [1.82, 2.24) is 0 Å². The van der Waals surface area contributed by atoms with Crippen molar-refractivity contribution in [3.05, 3.63) is 71.3 Å². The number of phenols is 1. The smallest absolute Gasteiger partial charge is 0.123 e. The van der Waals surface area contributed by atoms with Gasteiger partial charge in [-0.25, -0.2) is 0 Å². The van der Waals surface area contributed by atoms with E-state index in [1.807, 2.05) is 18.2 Å². The van der Waals surface area contributed by atoms with Crippen molar-refractivity contribution in [2.24, 2.45) is 0 Å². The van der Waals surface area contributed by atoms with Crippen LogP contribution in [0, 0.1) is 6.92 Å². The highest BCUT2D eigenvalue weighted by Gasteiger charge is 2.30. The molecule has 0 saturated carbocycles. The second kappa shape index (κ2) is 6.82. The molecule has 0 aromatic heterocycles. The van der Waals surface area contributed by atoms with E-state index in [0.29, 0.717) is 11.8 Å². The zero-order chi connectivity index (χ0) is 17.2. The van der Waals surface area contributed by atoms with Crippen LogP contribution in [0.15, 0.2) is 54.6 Å². The van der Waals surface area contributed by atoms with Crippen molar-refractivity contribution in [2.75, 3.05) is 20.6 Å². The number of likely N-dealkylation sites (N-methyl/N-ethyl adjacent to an activating group) is 1. The minimum absolute atomic E-state index is 0.358. The van der Waals surface area contributed by atoms with Gasteiger partial charge in [-0.15, -0.1) is 0 Å². The largest absolute Gasteiger partial charge is 0.507 e. The number of hydrogen-bond acceptors (Lipinski definition) is 1. The first kappa shape index (κ1) is 16.8. The number of hydrogen-bond donors (Lipinski definition) is 1. The van der Waals surface area contributed by atoms with E-state index in [1.165, 1.54) is 36.9 Å². The Hall–Kier alpha value is -2.06. The third-order valence-electron chi connectivity index (χ3n) is 5.27. The number of piperidine rings is 1. The second-order valence-corrected chi connectivity index (χ2v) is 7.53. The molecule has 126 valence electrons. The quantitative estimate of drug-likeness (QED) is 0.808. The molecule has 1 aliphatic heterocycles. The van der Waals surface area contributed by atoms with E-state index >= 15 is 0 Å². The summed E-state index contributed by atoms with van der Waals surface area (Å²) in [7, 11) is 4.64. The summed E-state index contributed by atoms with van der Waals surface area (Å²) in [5.74, 6) is 0.358. The fraction of sp³-hybridized carbons (Fsp3) is 0.364. The molecule has 24 heavy (non-hydrogen) atoms. The van der Waals surface area contributed by atoms with Crippen molar-refractivity contribution in [2.45, 2.75) is 32.2 Å². The Bertz CT molecular complexity index is 731. The Morgan fingerprint density at radius 1 is 1.08 bits per heavy atom. The molecule has 1 saturated heterocycles. The molecule has 0 aliphatic carbocycles. The summed E-state index contributed by atoms with van der Waals surface area (Å²) in [6.45, 7) is 3.29. The third-order valence-corrected chi connectivity index (χ3v) is 5.27. The van der Waals surface area contributed by atoms with Gasteiger partial charge in [-0.3, -0.25) is 0 Å². The van der Waals surface area contributed by atoms with Gasteiger partial charge in [0.15, 0.2) is 0 Å². The molecule has 2 nitrogen and oxygen atoms in total. The van der Waals surface area contributed by atoms with E-state index < -0.39 is 0 Å². The van der Waals surface area contributed by atoms with Crippen LogP contribution in [-0.4, -0.2) is 36.3 Å². The Kier molecular flexibility index (Phi) is 4.77. The summed E-state index contributed by atoms with van der Waals surface area (Å²) >= 11 is 0. The molecule has 1 aliphatic rings. The number of quaternary nitrogens is 1. The van der Waals surface area contributed by atoms with Crippen molar-refractivity contribution >= 4 is 5.57 Å². The lowest BCUT2D eigenvalue weighted by atomic mass is 9.90. The Morgan fingerprint density at radius 2 is 1.83 bits per heavy atom. The molecule has 0 radical (unpaired) electrons. The lowest BCUT2D eigenvalue weighted by Gasteiger charge is -2.40. The number of likely N-dealkylation sites (tertiary alicyclic amines) is 1. The zero-order valence-corrected chi connectivity index (χ0v) is 15.0. The van der Waals surface area contributed by atoms with E-state index in [4.69, 9.17) is 0 Å². The highest BCUT2D eigenvalue weighted by molar-refractivity contribution is 5.83. The first-order valence-corrected chi connectivity index (χ1v) is 8.87. The number of nitrogens with zero attached hydrogens (tertiary/aromatic N) is 1. The van der Waals surface area contributed by atoms with Crippen LogP contribution in [0.4, 0.5) is 0 Å². The molecule has 1 N–H and O–H groups in total. The van der Waals surface area contributed by atoms with E-state index in [9.17, 15) is 5.11 Å². The second-order valence-electron chi connectivity index (χ2n) is 7.53. The Balaban J connectivity index is 2.12. The van der Waals surface area contributed by atoms with Gasteiger partial charge in [-0.1, -0.05) is 42.0 Å². The minimum Gasteiger partial charge on any atom is -0.507 e. The van der Waals surface area contributed by atoms with Crippen LogP contribution in [0.2, 0.25) is 0 Å². The lowest BCUT2D eigenvalue weighted by Crippen LogP contribution is -2.51. The molecule has 0 bridgehead atoms. The molecule has 0 spiro atoms. The monoisotopic (exact) mass is 322 g/mol. The predicted molar refractivity (Wildman–Crippen MR) is 101 cm³/mol. The van der Waals surface area contributed by atoms with E-state index in [0.717, 1.165) is 15.6 Å². The standard InChI is InChI=1S/C22H27NO/c1-17-12-13-22(24)21(15-17)20(18-9-5-4-6-10-18)16-19-11-7-8-14-23(19,2)3/h4-6,9-10,12-13,15-16,19H,7-8,11,14H2,1-3H3/p+1/b20-16+. The topological polar surface area (TPSA) is 20.2 Å². The molecule has 1 fully saturated rings. The Morgan fingerprint density at radius 3 is 2.54 bits per heavy atom. The maximum atomic E-state index is 10.5. The number of benzene rings is 2. The number of aryl methyl sites for hydroxylation is 1. The van der Waals surface area contributed by atoms with Gasteiger partial charge >= 0.3 is 0 Å². The maximum absolute atomic E-state index is 10.5. The summed E-state index contributed by atoms with van der Waals surface area (Å²) in [6, 6.07) is 16.8. The molecular formula is C22H28NO+. The molecule has 1 atom stereocenters. The van der Waals surface area contributed by atoms with Gasteiger partial charge in [-0.2, -0.15) is 0 Å². The van der Waals surface area contributed by atoms with Gasteiger partial charge < -0.3 is 9.59 Å². The molecule has 2 aromatic rings. The number of phenolic OH excluding ortho intramolecular Hbond substituents is 1. The highest BCUT2D eigenvalue weighted by atomic mass is 16.3. The molecule has 3 rings (SSSR count). The summed E-state index contributed by atoms with van der Waals surface area (Å²) in [4.78, 5) is 0. The third kappa shape index (κ3) is 3.54. The summed E-state index contributed by atoms with van der Waals surface area (Å²) < 4.78 is 1.02. The fourth-order valence-corrected chi connectivity index (χ4v) is 3.69. The van der Waals surface area contributed by atoms with Crippen LogP contribution in [0.25, 0.3) is 5.57 Å². The maximum Gasteiger partial charge on any atom is 0.123 e. The lowest BCUT2D eigenvalue weighted by molar-refractivity contribution is -0.913. The predicted octanol–water partition coefficient (Wildman–Crippen LogP) is 4.76. The molecular weight excluding hydrogens is 294 g/mol. The average Bonchev–Trinajstić information content (AvgIpc) is 2.57. The van der Waals surface area contributed by atoms with Gasteiger partial charge in [0.2, 0.25) is 0 Å². The molecule has 2 aromatic carbocycles. The van der Waals surface area contributed by atoms with Gasteiger partial charge in [0, 0.05) is 12.0 Å². The SMILES string of the molecule is Cc1ccc(O)c(/C(=C/C2CCCC[N+]2(C)C)c2ccccc2)c1. The van der Waals surface area contributed by atoms with Crippen LogP contribution >= 0.6 is 0 Å². The van der Waals surface area contributed by atoms with Crippen molar-refractivity contribution < 1.29 is 9.59 Å². The van der Waals surface area contributed by atoms with Gasteiger partial charge in [0.25, 0.3) is 0 Å². The number of aromatic hydroxyl groups is 1. The van der Waals surface area contributed by atoms with Crippen LogP contribution < -0.4 is 0 Å².